The fraction of sp³-hybridized carbons (Fsp3) is 0.300. The van der Waals surface area contributed by atoms with Crippen molar-refractivity contribution in [1.82, 2.24) is 10.6 Å². The van der Waals surface area contributed by atoms with Crippen LogP contribution in [0, 0.1) is 0 Å². The molecule has 0 atom stereocenters. The maximum absolute atomic E-state index is 11.3. The summed E-state index contributed by atoms with van der Waals surface area (Å²) in [5, 5.41) is 5.93. The van der Waals surface area contributed by atoms with Crippen molar-refractivity contribution in [1.29, 1.82) is 0 Å². The predicted octanol–water partition coefficient (Wildman–Crippen LogP) is 0.381. The lowest BCUT2D eigenvalue weighted by Gasteiger charge is -2.27. The molecule has 1 amide bonds. The average molecular weight is 192 g/mol. The minimum Gasteiger partial charge on any atom is -0.465 e. The van der Waals surface area contributed by atoms with Crippen LogP contribution >= 0.6 is 0 Å². The van der Waals surface area contributed by atoms with Gasteiger partial charge in [0.25, 0.3) is 0 Å². The van der Waals surface area contributed by atoms with Crippen molar-refractivity contribution < 1.29 is 9.21 Å². The normalized spacial score (nSPS) is 16.9. The van der Waals surface area contributed by atoms with E-state index in [0.29, 0.717) is 5.76 Å². The van der Waals surface area contributed by atoms with Gasteiger partial charge in [-0.25, -0.2) is 0 Å². The first kappa shape index (κ1) is 9.02. The monoisotopic (exact) mass is 192 g/mol. The third kappa shape index (κ3) is 2.23. The summed E-state index contributed by atoms with van der Waals surface area (Å²) in [6.45, 7) is 1.72. The van der Waals surface area contributed by atoms with E-state index in [4.69, 9.17) is 4.42 Å². The first-order chi connectivity index (χ1) is 6.84. The molecule has 1 aliphatic rings. The molecule has 2 N–H and O–H groups in total. The zero-order valence-electron chi connectivity index (χ0n) is 7.69. The molecular weight excluding hydrogens is 180 g/mol. The van der Waals surface area contributed by atoms with Gasteiger partial charge in [-0.3, -0.25) is 4.79 Å². The number of furan rings is 1. The van der Waals surface area contributed by atoms with Gasteiger partial charge in [0, 0.05) is 19.2 Å². The smallest absolute Gasteiger partial charge is 0.244 e. The first-order valence-electron chi connectivity index (χ1n) is 4.57. The number of amides is 1. The second-order valence-corrected chi connectivity index (χ2v) is 3.21. The van der Waals surface area contributed by atoms with E-state index in [1.165, 1.54) is 6.08 Å². The molecule has 2 heterocycles. The molecule has 1 fully saturated rings. The molecule has 4 heteroatoms. The maximum atomic E-state index is 11.3. The Balaban J connectivity index is 1.81. The van der Waals surface area contributed by atoms with Gasteiger partial charge in [0.15, 0.2) is 0 Å². The van der Waals surface area contributed by atoms with E-state index in [0.717, 1.165) is 13.1 Å². The SMILES string of the molecule is O=C(C=Cc1ccco1)NC1CNC1. The van der Waals surface area contributed by atoms with E-state index in [1.54, 1.807) is 24.5 Å². The highest BCUT2D eigenvalue weighted by atomic mass is 16.3. The molecule has 0 radical (unpaired) electrons. The van der Waals surface area contributed by atoms with E-state index in [-0.39, 0.29) is 11.9 Å². The van der Waals surface area contributed by atoms with Crippen LogP contribution in [0.1, 0.15) is 5.76 Å². The molecule has 14 heavy (non-hydrogen) atoms. The first-order valence-corrected chi connectivity index (χ1v) is 4.57. The highest BCUT2D eigenvalue weighted by Crippen LogP contribution is 2.01. The third-order valence-corrected chi connectivity index (χ3v) is 2.07. The molecule has 1 aromatic rings. The van der Waals surface area contributed by atoms with E-state index in [2.05, 4.69) is 10.6 Å². The fourth-order valence-electron chi connectivity index (χ4n) is 1.18. The summed E-state index contributed by atoms with van der Waals surface area (Å²) < 4.78 is 5.05. The topological polar surface area (TPSA) is 54.3 Å². The Morgan fingerprint density at radius 1 is 1.64 bits per heavy atom. The van der Waals surface area contributed by atoms with Gasteiger partial charge in [-0.15, -0.1) is 0 Å². The largest absolute Gasteiger partial charge is 0.465 e. The molecule has 74 valence electrons. The van der Waals surface area contributed by atoms with E-state index in [9.17, 15) is 4.79 Å². The van der Waals surface area contributed by atoms with Crippen molar-refractivity contribution in [3.05, 3.63) is 30.2 Å². The van der Waals surface area contributed by atoms with Crippen LogP contribution in [0.2, 0.25) is 0 Å². The van der Waals surface area contributed by atoms with Gasteiger partial charge in [-0.2, -0.15) is 0 Å². The fourth-order valence-corrected chi connectivity index (χ4v) is 1.18. The van der Waals surface area contributed by atoms with Gasteiger partial charge in [-0.05, 0) is 18.2 Å². The van der Waals surface area contributed by atoms with Crippen LogP contribution in [0.25, 0.3) is 6.08 Å². The summed E-state index contributed by atoms with van der Waals surface area (Å²) in [6.07, 6.45) is 4.71. The van der Waals surface area contributed by atoms with Crippen molar-refractivity contribution in [2.45, 2.75) is 6.04 Å². The molecule has 1 saturated heterocycles. The van der Waals surface area contributed by atoms with Gasteiger partial charge in [0.1, 0.15) is 5.76 Å². The lowest BCUT2D eigenvalue weighted by molar-refractivity contribution is -0.117. The minimum atomic E-state index is -0.0760. The van der Waals surface area contributed by atoms with Crippen LogP contribution < -0.4 is 10.6 Å². The quantitative estimate of drug-likeness (QED) is 0.681. The van der Waals surface area contributed by atoms with Crippen molar-refractivity contribution in [2.75, 3.05) is 13.1 Å². The zero-order valence-corrected chi connectivity index (χ0v) is 7.69. The Labute approximate surface area is 82.0 Å². The molecule has 0 unspecified atom stereocenters. The van der Waals surface area contributed by atoms with Gasteiger partial charge >= 0.3 is 0 Å². The van der Waals surface area contributed by atoms with Crippen molar-refractivity contribution in [3.63, 3.8) is 0 Å². The Morgan fingerprint density at radius 2 is 2.50 bits per heavy atom. The zero-order chi connectivity index (χ0) is 9.80. The number of carbonyl (C=O) groups is 1. The maximum Gasteiger partial charge on any atom is 0.244 e. The molecule has 0 saturated carbocycles. The molecule has 2 rings (SSSR count). The number of hydrogen-bond donors (Lipinski definition) is 2. The summed E-state index contributed by atoms with van der Waals surface area (Å²) in [6, 6.07) is 3.87. The van der Waals surface area contributed by atoms with Crippen molar-refractivity contribution in [3.8, 4) is 0 Å². The summed E-state index contributed by atoms with van der Waals surface area (Å²) in [5.41, 5.74) is 0. The molecular formula is C10H12N2O2. The van der Waals surface area contributed by atoms with Crippen LogP contribution in [-0.4, -0.2) is 25.0 Å². The van der Waals surface area contributed by atoms with Crippen LogP contribution in [-0.2, 0) is 4.79 Å². The van der Waals surface area contributed by atoms with E-state index >= 15 is 0 Å². The van der Waals surface area contributed by atoms with Gasteiger partial charge in [0.2, 0.25) is 5.91 Å². The summed E-state index contributed by atoms with van der Waals surface area (Å²) in [5.74, 6) is 0.611. The lowest BCUT2D eigenvalue weighted by atomic mass is 10.2. The minimum absolute atomic E-state index is 0.0760. The third-order valence-electron chi connectivity index (χ3n) is 2.07. The number of nitrogens with one attached hydrogen (secondary N) is 2. The Kier molecular flexibility index (Phi) is 2.65. The second-order valence-electron chi connectivity index (χ2n) is 3.21. The lowest BCUT2D eigenvalue weighted by Crippen LogP contribution is -2.56. The average Bonchev–Trinajstić information content (AvgIpc) is 2.60. The number of carbonyl (C=O) groups excluding carboxylic acids is 1. The van der Waals surface area contributed by atoms with Gasteiger partial charge in [0.05, 0.1) is 12.3 Å². The van der Waals surface area contributed by atoms with E-state index in [1.807, 2.05) is 0 Å². The molecule has 0 aliphatic carbocycles. The molecule has 1 aliphatic heterocycles. The second kappa shape index (κ2) is 4.11. The van der Waals surface area contributed by atoms with Crippen LogP contribution in [0.3, 0.4) is 0 Å². The molecule has 1 aromatic heterocycles. The summed E-state index contributed by atoms with van der Waals surface area (Å²) >= 11 is 0. The van der Waals surface area contributed by atoms with Crippen LogP contribution in [0.4, 0.5) is 0 Å². The molecule has 4 nitrogen and oxygen atoms in total. The predicted molar refractivity (Wildman–Crippen MR) is 52.5 cm³/mol. The summed E-state index contributed by atoms with van der Waals surface area (Å²) in [7, 11) is 0. The molecule has 0 spiro atoms. The molecule has 0 aromatic carbocycles. The van der Waals surface area contributed by atoms with Gasteiger partial charge in [-0.1, -0.05) is 0 Å². The molecule has 0 bridgehead atoms. The highest BCUT2D eigenvalue weighted by molar-refractivity contribution is 5.91. The highest BCUT2D eigenvalue weighted by Gasteiger charge is 2.17. The Morgan fingerprint density at radius 3 is 3.07 bits per heavy atom. The van der Waals surface area contributed by atoms with Crippen LogP contribution in [0.5, 0.6) is 0 Å². The van der Waals surface area contributed by atoms with Crippen LogP contribution in [0.15, 0.2) is 28.9 Å². The van der Waals surface area contributed by atoms with Crippen molar-refractivity contribution in [2.24, 2.45) is 0 Å². The Bertz CT molecular complexity index is 326. The Hall–Kier alpha value is -1.55. The number of hydrogen-bond acceptors (Lipinski definition) is 3. The van der Waals surface area contributed by atoms with Gasteiger partial charge < -0.3 is 15.1 Å². The van der Waals surface area contributed by atoms with Crippen molar-refractivity contribution >= 4 is 12.0 Å². The standard InChI is InChI=1S/C10H12N2O2/c13-10(12-8-6-11-7-8)4-3-9-2-1-5-14-9/h1-5,8,11H,6-7H2,(H,12,13). The number of rotatable bonds is 3. The summed E-state index contributed by atoms with van der Waals surface area (Å²) in [4.78, 5) is 11.3. The van der Waals surface area contributed by atoms with E-state index < -0.39 is 0 Å².